The Balaban J connectivity index is 2.67. The fourth-order valence-electron chi connectivity index (χ4n) is 0.587. The Morgan fingerprint density at radius 3 is 2.90 bits per heavy atom. The zero-order valence-electron chi connectivity index (χ0n) is 5.25. The van der Waals surface area contributed by atoms with Gasteiger partial charge in [0.1, 0.15) is 5.76 Å². The van der Waals surface area contributed by atoms with E-state index in [1.54, 1.807) is 0 Å². The van der Waals surface area contributed by atoms with Crippen molar-refractivity contribution in [1.29, 1.82) is 0 Å². The highest BCUT2D eigenvalue weighted by molar-refractivity contribution is 9.10. The Bertz CT molecular complexity index is 229. The number of hydrogen-bond acceptors (Lipinski definition) is 2. The standard InChI is InChI=1S/C7H7BrOS/c8-7-4-3-6(9-7)2-1-5-10/h1-4,10H,5H2. The average molecular weight is 219 g/mol. The summed E-state index contributed by atoms with van der Waals surface area (Å²) >= 11 is 7.22. The van der Waals surface area contributed by atoms with E-state index in [1.807, 2.05) is 24.3 Å². The maximum atomic E-state index is 5.18. The van der Waals surface area contributed by atoms with Crippen LogP contribution in [0.15, 0.2) is 27.3 Å². The quantitative estimate of drug-likeness (QED) is 0.754. The average Bonchev–Trinajstić information content (AvgIpc) is 2.31. The SMILES string of the molecule is SCC=Cc1ccc(Br)o1. The predicted octanol–water partition coefficient (Wildman–Crippen LogP) is 2.99. The van der Waals surface area contributed by atoms with Crippen LogP contribution in [0.1, 0.15) is 5.76 Å². The lowest BCUT2D eigenvalue weighted by Gasteiger charge is -1.81. The summed E-state index contributed by atoms with van der Waals surface area (Å²) in [6, 6.07) is 3.75. The van der Waals surface area contributed by atoms with Gasteiger partial charge in [0, 0.05) is 5.75 Å². The van der Waals surface area contributed by atoms with Crippen LogP contribution in [0, 0.1) is 0 Å². The molecule has 0 aliphatic heterocycles. The fraction of sp³-hybridized carbons (Fsp3) is 0.143. The second-order valence-corrected chi connectivity index (χ2v) is 2.87. The molecule has 3 heteroatoms. The van der Waals surface area contributed by atoms with Gasteiger partial charge in [-0.15, -0.1) is 0 Å². The summed E-state index contributed by atoms with van der Waals surface area (Å²) < 4.78 is 5.94. The largest absolute Gasteiger partial charge is 0.450 e. The minimum absolute atomic E-state index is 0.734. The first kappa shape index (κ1) is 7.95. The van der Waals surface area contributed by atoms with Crippen molar-refractivity contribution < 1.29 is 4.42 Å². The molecule has 1 heterocycles. The van der Waals surface area contributed by atoms with Gasteiger partial charge < -0.3 is 4.42 Å². The Labute approximate surface area is 73.7 Å². The summed E-state index contributed by atoms with van der Waals surface area (Å²) in [5, 5.41) is 0. The molecule has 1 aromatic heterocycles. The number of hydrogen-bond donors (Lipinski definition) is 1. The van der Waals surface area contributed by atoms with Crippen LogP contribution in [0.5, 0.6) is 0 Å². The summed E-state index contributed by atoms with van der Waals surface area (Å²) in [6.07, 6.45) is 3.81. The molecule has 0 aromatic carbocycles. The van der Waals surface area contributed by atoms with Crippen LogP contribution in [0.25, 0.3) is 6.08 Å². The zero-order chi connectivity index (χ0) is 7.40. The first-order valence-corrected chi connectivity index (χ1v) is 4.28. The van der Waals surface area contributed by atoms with Gasteiger partial charge in [0.25, 0.3) is 0 Å². The van der Waals surface area contributed by atoms with Crippen molar-refractivity contribution in [2.45, 2.75) is 0 Å². The van der Waals surface area contributed by atoms with E-state index in [-0.39, 0.29) is 0 Å². The van der Waals surface area contributed by atoms with Gasteiger partial charge in [-0.05, 0) is 34.1 Å². The van der Waals surface area contributed by atoms with Gasteiger partial charge in [-0.1, -0.05) is 6.08 Å². The van der Waals surface area contributed by atoms with Crippen LogP contribution in [-0.2, 0) is 0 Å². The second kappa shape index (κ2) is 3.88. The van der Waals surface area contributed by atoms with E-state index >= 15 is 0 Å². The molecule has 0 radical (unpaired) electrons. The third kappa shape index (κ3) is 2.23. The summed E-state index contributed by atoms with van der Waals surface area (Å²) in [7, 11) is 0. The number of halogens is 1. The molecule has 0 fully saturated rings. The summed E-state index contributed by atoms with van der Waals surface area (Å²) in [5.74, 6) is 1.58. The minimum atomic E-state index is 0.734. The highest BCUT2D eigenvalue weighted by atomic mass is 79.9. The van der Waals surface area contributed by atoms with E-state index in [0.717, 1.165) is 16.2 Å². The van der Waals surface area contributed by atoms with E-state index in [9.17, 15) is 0 Å². The lowest BCUT2D eigenvalue weighted by molar-refractivity contribution is 0.531. The molecular formula is C7H7BrOS. The van der Waals surface area contributed by atoms with Crippen LogP contribution in [0.3, 0.4) is 0 Å². The van der Waals surface area contributed by atoms with E-state index in [1.165, 1.54) is 0 Å². The molecule has 0 atom stereocenters. The van der Waals surface area contributed by atoms with Gasteiger partial charge in [0.05, 0.1) is 0 Å². The monoisotopic (exact) mass is 218 g/mol. The van der Waals surface area contributed by atoms with Crippen molar-refractivity contribution in [2.24, 2.45) is 0 Å². The Hall–Kier alpha value is -0.150. The van der Waals surface area contributed by atoms with Gasteiger partial charge in [-0.25, -0.2) is 0 Å². The molecule has 1 nitrogen and oxygen atoms in total. The van der Waals surface area contributed by atoms with E-state index in [4.69, 9.17) is 4.42 Å². The molecule has 0 bridgehead atoms. The van der Waals surface area contributed by atoms with Crippen molar-refractivity contribution in [2.75, 3.05) is 5.75 Å². The van der Waals surface area contributed by atoms with Crippen molar-refractivity contribution >= 4 is 34.6 Å². The highest BCUT2D eigenvalue weighted by Crippen LogP contribution is 2.14. The van der Waals surface area contributed by atoms with Crippen LogP contribution in [-0.4, -0.2) is 5.75 Å². The lowest BCUT2D eigenvalue weighted by Crippen LogP contribution is -1.61. The molecular weight excluding hydrogens is 212 g/mol. The topological polar surface area (TPSA) is 13.1 Å². The van der Waals surface area contributed by atoms with Gasteiger partial charge in [-0.3, -0.25) is 0 Å². The van der Waals surface area contributed by atoms with Crippen molar-refractivity contribution in [3.05, 3.63) is 28.6 Å². The maximum absolute atomic E-state index is 5.18. The molecule has 0 saturated carbocycles. The first-order valence-electron chi connectivity index (χ1n) is 2.85. The Kier molecular flexibility index (Phi) is 3.09. The van der Waals surface area contributed by atoms with Crippen LogP contribution in [0.2, 0.25) is 0 Å². The first-order chi connectivity index (χ1) is 4.83. The van der Waals surface area contributed by atoms with Crippen LogP contribution >= 0.6 is 28.6 Å². The molecule has 1 rings (SSSR count). The molecule has 0 amide bonds. The second-order valence-electron chi connectivity index (χ2n) is 1.73. The van der Waals surface area contributed by atoms with Crippen LogP contribution in [0.4, 0.5) is 0 Å². The summed E-state index contributed by atoms with van der Waals surface area (Å²) in [6.45, 7) is 0. The lowest BCUT2D eigenvalue weighted by atomic mass is 10.4. The fourth-order valence-corrected chi connectivity index (χ4v) is 1.01. The predicted molar refractivity (Wildman–Crippen MR) is 49.3 cm³/mol. The smallest absolute Gasteiger partial charge is 0.169 e. The number of furan rings is 1. The Morgan fingerprint density at radius 1 is 1.60 bits per heavy atom. The molecule has 0 spiro atoms. The molecule has 10 heavy (non-hydrogen) atoms. The molecule has 0 aliphatic rings. The third-order valence-corrected chi connectivity index (χ3v) is 1.62. The van der Waals surface area contributed by atoms with Crippen LogP contribution < -0.4 is 0 Å². The van der Waals surface area contributed by atoms with Crippen molar-refractivity contribution in [3.63, 3.8) is 0 Å². The maximum Gasteiger partial charge on any atom is 0.169 e. The van der Waals surface area contributed by atoms with E-state index in [0.29, 0.717) is 0 Å². The molecule has 0 aliphatic carbocycles. The van der Waals surface area contributed by atoms with Gasteiger partial charge in [0.2, 0.25) is 0 Å². The summed E-state index contributed by atoms with van der Waals surface area (Å²) in [4.78, 5) is 0. The van der Waals surface area contributed by atoms with E-state index < -0.39 is 0 Å². The van der Waals surface area contributed by atoms with Gasteiger partial charge in [0.15, 0.2) is 4.67 Å². The summed E-state index contributed by atoms with van der Waals surface area (Å²) in [5.41, 5.74) is 0. The van der Waals surface area contributed by atoms with Crippen molar-refractivity contribution in [1.82, 2.24) is 0 Å². The van der Waals surface area contributed by atoms with Crippen molar-refractivity contribution in [3.8, 4) is 0 Å². The number of rotatable bonds is 2. The molecule has 0 saturated heterocycles. The van der Waals surface area contributed by atoms with E-state index in [2.05, 4.69) is 28.6 Å². The van der Waals surface area contributed by atoms with Gasteiger partial charge >= 0.3 is 0 Å². The normalized spacial score (nSPS) is 11.0. The zero-order valence-corrected chi connectivity index (χ0v) is 7.73. The minimum Gasteiger partial charge on any atom is -0.450 e. The highest BCUT2D eigenvalue weighted by Gasteiger charge is 1.91. The molecule has 1 aromatic rings. The Morgan fingerprint density at radius 2 is 2.40 bits per heavy atom. The molecule has 54 valence electrons. The van der Waals surface area contributed by atoms with Gasteiger partial charge in [-0.2, -0.15) is 12.6 Å². The number of thiol groups is 1. The molecule has 0 N–H and O–H groups in total. The molecule has 0 unspecified atom stereocenters. The third-order valence-electron chi connectivity index (χ3n) is 0.982.